The van der Waals surface area contributed by atoms with Gasteiger partial charge in [-0.2, -0.15) is 26.3 Å². The molecule has 4 aromatic carbocycles. The third-order valence-electron chi connectivity index (χ3n) is 9.42. The number of ether oxygens (including phenoxy) is 4. The number of benzene rings is 4. The molecule has 4 rings (SSSR count). The third kappa shape index (κ3) is 13.9. The Balaban J connectivity index is 1.72. The SMILES string of the molecule is CCCCCC(CC(F)(F)F)(OC(=O)c1ccc(OCc2ccccc2)cc1)C(=O)C(CCCCC)(CC(F)(F)F)OC(=O)c1ccc(OCc2ccccc2)cc1. The number of ketones is 1. The molecule has 58 heavy (non-hydrogen) atoms. The van der Waals surface area contributed by atoms with Crippen molar-refractivity contribution < 1.29 is 59.7 Å². The number of carbonyl (C=O) groups excluding carboxylic acids is 3. The van der Waals surface area contributed by atoms with Crippen molar-refractivity contribution in [2.45, 2.75) is 115 Å². The summed E-state index contributed by atoms with van der Waals surface area (Å²) in [4.78, 5) is 42.4. The van der Waals surface area contributed by atoms with Gasteiger partial charge < -0.3 is 18.9 Å². The first-order chi connectivity index (χ1) is 27.6. The molecule has 0 aliphatic heterocycles. The molecule has 0 radical (unpaired) electrons. The molecule has 0 aromatic heterocycles. The van der Waals surface area contributed by atoms with Crippen molar-refractivity contribution in [3.63, 3.8) is 0 Å². The van der Waals surface area contributed by atoms with Crippen LogP contribution in [0.25, 0.3) is 0 Å². The van der Waals surface area contributed by atoms with Gasteiger partial charge in [0.1, 0.15) is 24.7 Å². The third-order valence-corrected chi connectivity index (χ3v) is 9.42. The molecule has 7 nitrogen and oxygen atoms in total. The van der Waals surface area contributed by atoms with E-state index in [-0.39, 0.29) is 50.0 Å². The molecule has 0 saturated carbocycles. The van der Waals surface area contributed by atoms with Crippen LogP contribution in [-0.2, 0) is 27.5 Å². The molecule has 0 aliphatic carbocycles. The highest BCUT2D eigenvalue weighted by Crippen LogP contribution is 2.44. The van der Waals surface area contributed by atoms with Gasteiger partial charge in [0.25, 0.3) is 0 Å². The first kappa shape index (κ1) is 45.4. The molecule has 0 fully saturated rings. The second-order valence-electron chi connectivity index (χ2n) is 14.2. The van der Waals surface area contributed by atoms with E-state index in [2.05, 4.69) is 0 Å². The number of Topliss-reactive ketones (excluding diaryl/α,β-unsaturated/α-hetero) is 1. The zero-order valence-electron chi connectivity index (χ0n) is 32.5. The molecule has 13 heteroatoms. The van der Waals surface area contributed by atoms with E-state index >= 15 is 0 Å². The molecule has 0 aliphatic rings. The van der Waals surface area contributed by atoms with Crippen LogP contribution in [0.1, 0.15) is 110 Å². The van der Waals surface area contributed by atoms with E-state index in [9.17, 15) is 40.7 Å². The summed E-state index contributed by atoms with van der Waals surface area (Å²) in [6, 6.07) is 28.7. The highest BCUT2D eigenvalue weighted by Gasteiger charge is 2.61. The van der Waals surface area contributed by atoms with Crippen molar-refractivity contribution in [3.05, 3.63) is 131 Å². The van der Waals surface area contributed by atoms with Gasteiger partial charge in [-0.3, -0.25) is 4.79 Å². The Morgan fingerprint density at radius 3 is 1.14 bits per heavy atom. The largest absolute Gasteiger partial charge is 0.489 e. The Morgan fingerprint density at radius 2 is 0.828 bits per heavy atom. The number of unbranched alkanes of at least 4 members (excludes halogenated alkanes) is 4. The Kier molecular flexibility index (Phi) is 16.4. The van der Waals surface area contributed by atoms with E-state index in [0.717, 1.165) is 11.1 Å². The maximum atomic E-state index is 14.9. The number of esters is 2. The van der Waals surface area contributed by atoms with Gasteiger partial charge in [-0.25, -0.2) is 9.59 Å². The van der Waals surface area contributed by atoms with Gasteiger partial charge >= 0.3 is 24.3 Å². The summed E-state index contributed by atoms with van der Waals surface area (Å²) in [7, 11) is 0. The monoisotopic (exact) mass is 814 g/mol. The number of hydrogen-bond acceptors (Lipinski definition) is 7. The van der Waals surface area contributed by atoms with E-state index in [0.29, 0.717) is 24.3 Å². The summed E-state index contributed by atoms with van der Waals surface area (Å²) in [5, 5.41) is 0. The molecule has 4 aromatic rings. The van der Waals surface area contributed by atoms with Crippen LogP contribution in [0.15, 0.2) is 109 Å². The molecule has 0 heterocycles. The summed E-state index contributed by atoms with van der Waals surface area (Å²) in [6.45, 7) is 3.82. The van der Waals surface area contributed by atoms with Gasteiger partial charge in [0, 0.05) is 0 Å². The van der Waals surface area contributed by atoms with Crippen molar-refractivity contribution in [1.29, 1.82) is 0 Å². The van der Waals surface area contributed by atoms with Gasteiger partial charge in [0.15, 0.2) is 11.2 Å². The quantitative estimate of drug-likeness (QED) is 0.0443. The number of carbonyl (C=O) groups is 3. The number of hydrogen-bond donors (Lipinski definition) is 0. The van der Waals surface area contributed by atoms with E-state index < -0.39 is 67.0 Å². The van der Waals surface area contributed by atoms with Gasteiger partial charge in [0.05, 0.1) is 24.0 Å². The van der Waals surface area contributed by atoms with E-state index in [4.69, 9.17) is 18.9 Å². The standard InChI is InChI=1S/C45H48F6O7/c1-3-5-13-27-42(31-44(46,47)48,57-39(52)35-19-23-37(24-20-35)55-29-33-15-9-7-10-16-33)41(54)43(28-14-6-4-2,32-45(49,50)51)58-40(53)36-21-25-38(26-22-36)56-30-34-17-11-8-12-18-34/h7-12,15-26H,3-6,13-14,27-32H2,1-2H3. The molecule has 2 atom stereocenters. The number of alkyl halides is 6. The topological polar surface area (TPSA) is 88.1 Å². The molecule has 0 N–H and O–H groups in total. The fourth-order valence-electron chi connectivity index (χ4n) is 6.54. The number of rotatable bonds is 22. The molecule has 2 unspecified atom stereocenters. The lowest BCUT2D eigenvalue weighted by Crippen LogP contribution is -2.59. The summed E-state index contributed by atoms with van der Waals surface area (Å²) in [5.74, 6) is -3.92. The molecule has 0 bridgehead atoms. The summed E-state index contributed by atoms with van der Waals surface area (Å²) >= 11 is 0. The Labute approximate surface area is 334 Å². The molecule has 312 valence electrons. The first-order valence-corrected chi connectivity index (χ1v) is 19.3. The normalized spacial score (nSPS) is 13.8. The van der Waals surface area contributed by atoms with Gasteiger partial charge in [-0.05, 0) is 85.3 Å². The van der Waals surface area contributed by atoms with Gasteiger partial charge in [-0.1, -0.05) is 100 Å². The molecular weight excluding hydrogens is 766 g/mol. The van der Waals surface area contributed by atoms with Crippen molar-refractivity contribution in [2.75, 3.05) is 0 Å². The van der Waals surface area contributed by atoms with E-state index in [1.54, 1.807) is 13.8 Å². The number of halogens is 6. The minimum Gasteiger partial charge on any atom is -0.489 e. The molecular formula is C45H48F6O7. The van der Waals surface area contributed by atoms with E-state index in [1.165, 1.54) is 48.5 Å². The summed E-state index contributed by atoms with van der Waals surface area (Å²) < 4.78 is 110. The highest BCUT2D eigenvalue weighted by molar-refractivity contribution is 6.01. The second kappa shape index (κ2) is 20.9. The predicted molar refractivity (Wildman–Crippen MR) is 205 cm³/mol. The van der Waals surface area contributed by atoms with Crippen molar-refractivity contribution in [1.82, 2.24) is 0 Å². The maximum Gasteiger partial charge on any atom is 0.393 e. The van der Waals surface area contributed by atoms with Crippen LogP contribution in [0.2, 0.25) is 0 Å². The summed E-state index contributed by atoms with van der Waals surface area (Å²) in [5.41, 5.74) is -5.25. The van der Waals surface area contributed by atoms with Crippen molar-refractivity contribution >= 4 is 17.7 Å². The Bertz CT molecular complexity index is 1740. The van der Waals surface area contributed by atoms with Crippen LogP contribution < -0.4 is 9.47 Å². The fraction of sp³-hybridized carbons (Fsp3) is 0.400. The minimum absolute atomic E-state index is 0.118. The fourth-order valence-corrected chi connectivity index (χ4v) is 6.54. The van der Waals surface area contributed by atoms with Crippen molar-refractivity contribution in [2.24, 2.45) is 0 Å². The second-order valence-corrected chi connectivity index (χ2v) is 14.2. The molecule has 0 spiro atoms. The molecule has 0 amide bonds. The van der Waals surface area contributed by atoms with E-state index in [1.807, 2.05) is 60.7 Å². The van der Waals surface area contributed by atoms with Crippen LogP contribution in [0.5, 0.6) is 11.5 Å². The minimum atomic E-state index is -5.20. The van der Waals surface area contributed by atoms with Crippen molar-refractivity contribution in [3.8, 4) is 11.5 Å². The van der Waals surface area contributed by atoms with Crippen LogP contribution in [-0.4, -0.2) is 41.3 Å². The van der Waals surface area contributed by atoms with Crippen LogP contribution in [0.3, 0.4) is 0 Å². The lowest BCUT2D eigenvalue weighted by atomic mass is 9.75. The zero-order chi connectivity index (χ0) is 42.2. The van der Waals surface area contributed by atoms with Gasteiger partial charge in [0.2, 0.25) is 5.78 Å². The molecule has 0 saturated heterocycles. The lowest BCUT2D eigenvalue weighted by molar-refractivity contribution is -0.209. The Hall–Kier alpha value is -5.33. The first-order valence-electron chi connectivity index (χ1n) is 19.3. The predicted octanol–water partition coefficient (Wildman–Crippen LogP) is 12.0. The zero-order valence-corrected chi connectivity index (χ0v) is 32.5. The van der Waals surface area contributed by atoms with Crippen LogP contribution in [0.4, 0.5) is 26.3 Å². The average Bonchev–Trinajstić information content (AvgIpc) is 3.19. The summed E-state index contributed by atoms with van der Waals surface area (Å²) in [6.07, 6.45) is -15.0. The smallest absolute Gasteiger partial charge is 0.393 e. The Morgan fingerprint density at radius 1 is 0.483 bits per heavy atom. The maximum absolute atomic E-state index is 14.9. The van der Waals surface area contributed by atoms with Gasteiger partial charge in [-0.15, -0.1) is 0 Å². The lowest BCUT2D eigenvalue weighted by Gasteiger charge is -2.41. The highest BCUT2D eigenvalue weighted by atomic mass is 19.4. The van der Waals surface area contributed by atoms with Crippen LogP contribution in [0, 0.1) is 0 Å². The van der Waals surface area contributed by atoms with Crippen LogP contribution >= 0.6 is 0 Å². The average molecular weight is 815 g/mol.